The van der Waals surface area contributed by atoms with Crippen LogP contribution in [0, 0.1) is 12.8 Å². The molecule has 2 rings (SSSR count). The molecule has 0 aliphatic carbocycles. The SMILES string of the molecule is Cc1cc(-c2ccccc2)nc(SCC(=O)NC(=O)NCCC(C)C)n1. The maximum absolute atomic E-state index is 11.9. The summed E-state index contributed by atoms with van der Waals surface area (Å²) in [5.74, 6) is 0.206. The third kappa shape index (κ3) is 6.84. The molecule has 2 N–H and O–H groups in total. The molecule has 0 aliphatic rings. The van der Waals surface area contributed by atoms with Crippen molar-refractivity contribution in [3.05, 3.63) is 42.1 Å². The average Bonchev–Trinajstić information content (AvgIpc) is 2.60. The highest BCUT2D eigenvalue weighted by Gasteiger charge is 2.11. The first-order valence-corrected chi connectivity index (χ1v) is 9.54. The number of carbonyl (C=O) groups excluding carboxylic acids is 2. The van der Waals surface area contributed by atoms with Gasteiger partial charge in [0.25, 0.3) is 0 Å². The minimum atomic E-state index is -0.466. The summed E-state index contributed by atoms with van der Waals surface area (Å²) < 4.78 is 0. The first-order valence-electron chi connectivity index (χ1n) is 8.55. The molecule has 7 heteroatoms. The van der Waals surface area contributed by atoms with Crippen LogP contribution in [0.3, 0.4) is 0 Å². The predicted octanol–water partition coefficient (Wildman–Crippen LogP) is 3.42. The van der Waals surface area contributed by atoms with E-state index in [-0.39, 0.29) is 11.7 Å². The monoisotopic (exact) mass is 372 g/mol. The molecule has 0 aliphatic heterocycles. The molecular weight excluding hydrogens is 348 g/mol. The first kappa shape index (κ1) is 19.9. The number of hydrogen-bond donors (Lipinski definition) is 2. The van der Waals surface area contributed by atoms with Gasteiger partial charge in [-0.05, 0) is 25.3 Å². The Morgan fingerprint density at radius 2 is 1.88 bits per heavy atom. The van der Waals surface area contributed by atoms with Crippen molar-refractivity contribution in [1.29, 1.82) is 0 Å². The van der Waals surface area contributed by atoms with Gasteiger partial charge in [-0.1, -0.05) is 55.9 Å². The minimum Gasteiger partial charge on any atom is -0.338 e. The van der Waals surface area contributed by atoms with Crippen LogP contribution in [0.5, 0.6) is 0 Å². The van der Waals surface area contributed by atoms with Crippen LogP contribution in [0.15, 0.2) is 41.6 Å². The molecule has 0 saturated heterocycles. The van der Waals surface area contributed by atoms with Crippen LogP contribution in [0.2, 0.25) is 0 Å². The second-order valence-electron chi connectivity index (χ2n) is 6.32. The third-order valence-corrected chi connectivity index (χ3v) is 4.34. The van der Waals surface area contributed by atoms with Crippen LogP contribution in [0.25, 0.3) is 11.3 Å². The molecule has 0 fully saturated rings. The second kappa shape index (κ2) is 9.91. The van der Waals surface area contributed by atoms with Crippen LogP contribution in [-0.4, -0.2) is 34.2 Å². The molecule has 0 unspecified atom stereocenters. The van der Waals surface area contributed by atoms with Crippen LogP contribution in [0.1, 0.15) is 26.0 Å². The maximum atomic E-state index is 11.9. The fraction of sp³-hybridized carbons (Fsp3) is 0.368. The molecule has 0 radical (unpaired) electrons. The molecule has 0 bridgehead atoms. The Morgan fingerprint density at radius 3 is 2.58 bits per heavy atom. The van der Waals surface area contributed by atoms with Gasteiger partial charge in [-0.25, -0.2) is 14.8 Å². The van der Waals surface area contributed by atoms with Crippen LogP contribution >= 0.6 is 11.8 Å². The Kier molecular flexibility index (Phi) is 7.59. The number of rotatable bonds is 7. The van der Waals surface area contributed by atoms with E-state index in [9.17, 15) is 9.59 Å². The number of aryl methyl sites for hydroxylation is 1. The van der Waals surface area contributed by atoms with E-state index in [1.54, 1.807) is 0 Å². The average molecular weight is 372 g/mol. The lowest BCUT2D eigenvalue weighted by molar-refractivity contribution is -0.117. The van der Waals surface area contributed by atoms with Crippen molar-refractivity contribution in [3.8, 4) is 11.3 Å². The number of amides is 3. The highest BCUT2D eigenvalue weighted by molar-refractivity contribution is 7.99. The van der Waals surface area contributed by atoms with Crippen molar-refractivity contribution in [1.82, 2.24) is 20.6 Å². The Hall–Kier alpha value is -2.41. The molecule has 6 nitrogen and oxygen atoms in total. The summed E-state index contributed by atoms with van der Waals surface area (Å²) in [6, 6.07) is 11.2. The van der Waals surface area contributed by atoms with Crippen molar-refractivity contribution in [2.24, 2.45) is 5.92 Å². The lowest BCUT2D eigenvalue weighted by Gasteiger charge is -2.08. The number of thioether (sulfide) groups is 1. The molecule has 3 amide bonds. The molecule has 138 valence electrons. The minimum absolute atomic E-state index is 0.0787. The number of carbonyl (C=O) groups is 2. The zero-order valence-electron chi connectivity index (χ0n) is 15.3. The summed E-state index contributed by atoms with van der Waals surface area (Å²) in [6.45, 7) is 6.59. The Bertz CT molecular complexity index is 750. The molecule has 1 aromatic carbocycles. The quantitative estimate of drug-likeness (QED) is 0.575. The molecule has 1 heterocycles. The highest BCUT2D eigenvalue weighted by Crippen LogP contribution is 2.21. The van der Waals surface area contributed by atoms with Crippen LogP contribution in [0.4, 0.5) is 4.79 Å². The topological polar surface area (TPSA) is 84.0 Å². The number of hydrogen-bond acceptors (Lipinski definition) is 5. The summed E-state index contributed by atoms with van der Waals surface area (Å²) in [5, 5.41) is 5.50. The van der Waals surface area contributed by atoms with Gasteiger partial charge >= 0.3 is 6.03 Å². The number of aromatic nitrogens is 2. The van der Waals surface area contributed by atoms with Crippen LogP contribution < -0.4 is 10.6 Å². The van der Waals surface area contributed by atoms with Gasteiger partial charge in [0.05, 0.1) is 11.4 Å². The molecule has 0 spiro atoms. The summed E-state index contributed by atoms with van der Waals surface area (Å²) in [6.07, 6.45) is 0.871. The molecule has 1 aromatic heterocycles. The zero-order chi connectivity index (χ0) is 18.9. The van der Waals surface area contributed by atoms with Gasteiger partial charge in [0.2, 0.25) is 5.91 Å². The first-order chi connectivity index (χ1) is 12.4. The van der Waals surface area contributed by atoms with Crippen molar-refractivity contribution in [2.75, 3.05) is 12.3 Å². The Labute approximate surface area is 158 Å². The Morgan fingerprint density at radius 1 is 1.15 bits per heavy atom. The van der Waals surface area contributed by atoms with Gasteiger partial charge in [-0.3, -0.25) is 10.1 Å². The van der Waals surface area contributed by atoms with Crippen molar-refractivity contribution in [2.45, 2.75) is 32.3 Å². The maximum Gasteiger partial charge on any atom is 0.321 e. The lowest BCUT2D eigenvalue weighted by atomic mass is 10.1. The van der Waals surface area contributed by atoms with Gasteiger partial charge in [0.15, 0.2) is 5.16 Å². The fourth-order valence-corrected chi connectivity index (χ4v) is 2.88. The van der Waals surface area contributed by atoms with E-state index in [0.717, 1.165) is 23.4 Å². The lowest BCUT2D eigenvalue weighted by Crippen LogP contribution is -2.40. The standard InChI is InChI=1S/C19H24N4O2S/c1-13(2)9-10-20-18(25)23-17(24)12-26-19-21-14(3)11-16(22-19)15-7-5-4-6-8-15/h4-8,11,13H,9-10,12H2,1-3H3,(H2,20,23,24,25). The fourth-order valence-electron chi connectivity index (χ4n) is 2.17. The Balaban J connectivity index is 1.88. The predicted molar refractivity (Wildman–Crippen MR) is 104 cm³/mol. The zero-order valence-corrected chi connectivity index (χ0v) is 16.1. The van der Waals surface area contributed by atoms with Crippen molar-refractivity contribution in [3.63, 3.8) is 0 Å². The van der Waals surface area contributed by atoms with Gasteiger partial charge in [0.1, 0.15) is 0 Å². The highest BCUT2D eigenvalue weighted by atomic mass is 32.2. The van der Waals surface area contributed by atoms with E-state index in [0.29, 0.717) is 17.6 Å². The summed E-state index contributed by atoms with van der Waals surface area (Å²) in [4.78, 5) is 32.4. The van der Waals surface area contributed by atoms with Gasteiger partial charge in [0, 0.05) is 17.8 Å². The summed E-state index contributed by atoms with van der Waals surface area (Å²) in [7, 11) is 0. The molecular formula is C19H24N4O2S. The van der Waals surface area contributed by atoms with E-state index in [1.165, 1.54) is 11.8 Å². The normalized spacial score (nSPS) is 10.6. The second-order valence-corrected chi connectivity index (χ2v) is 7.26. The molecule has 2 aromatic rings. The molecule has 0 atom stereocenters. The number of imide groups is 1. The van der Waals surface area contributed by atoms with Crippen molar-refractivity contribution >= 4 is 23.7 Å². The van der Waals surface area contributed by atoms with E-state index >= 15 is 0 Å². The van der Waals surface area contributed by atoms with Crippen molar-refractivity contribution < 1.29 is 9.59 Å². The number of benzene rings is 1. The van der Waals surface area contributed by atoms with Gasteiger partial charge < -0.3 is 5.32 Å². The van der Waals surface area contributed by atoms with E-state index in [2.05, 4.69) is 34.4 Å². The number of urea groups is 1. The summed E-state index contributed by atoms with van der Waals surface area (Å²) in [5.41, 5.74) is 2.63. The number of nitrogens with zero attached hydrogens (tertiary/aromatic N) is 2. The van der Waals surface area contributed by atoms with Gasteiger partial charge in [-0.15, -0.1) is 0 Å². The largest absolute Gasteiger partial charge is 0.338 e. The van der Waals surface area contributed by atoms with E-state index in [4.69, 9.17) is 0 Å². The summed E-state index contributed by atoms with van der Waals surface area (Å²) >= 11 is 1.21. The van der Waals surface area contributed by atoms with Gasteiger partial charge in [-0.2, -0.15) is 0 Å². The number of nitrogens with one attached hydrogen (secondary N) is 2. The third-order valence-electron chi connectivity index (χ3n) is 3.50. The van der Waals surface area contributed by atoms with E-state index in [1.807, 2.05) is 43.3 Å². The molecule has 0 saturated carbocycles. The van der Waals surface area contributed by atoms with Crippen LogP contribution in [-0.2, 0) is 4.79 Å². The molecule has 26 heavy (non-hydrogen) atoms. The smallest absolute Gasteiger partial charge is 0.321 e. The van der Waals surface area contributed by atoms with E-state index < -0.39 is 6.03 Å².